The van der Waals surface area contributed by atoms with Gasteiger partial charge in [0.15, 0.2) is 0 Å². The summed E-state index contributed by atoms with van der Waals surface area (Å²) in [7, 11) is 1.49. The molecule has 0 saturated carbocycles. The van der Waals surface area contributed by atoms with Crippen molar-refractivity contribution in [3.63, 3.8) is 0 Å². The lowest BCUT2D eigenvalue weighted by Crippen LogP contribution is -2.22. The molecular weight excluding hydrogens is 170 g/mol. The highest BCUT2D eigenvalue weighted by Gasteiger charge is 2.15. The van der Waals surface area contributed by atoms with Crippen molar-refractivity contribution in [1.82, 2.24) is 5.32 Å². The fourth-order valence-electron chi connectivity index (χ4n) is 1.16. The van der Waals surface area contributed by atoms with Gasteiger partial charge in [0.05, 0.1) is 0 Å². The monoisotopic (exact) mass is 185 g/mol. The lowest BCUT2D eigenvalue weighted by Gasteiger charge is -2.07. The van der Waals surface area contributed by atoms with Crippen LogP contribution in [0.1, 0.15) is 26.7 Å². The van der Waals surface area contributed by atoms with E-state index in [2.05, 4.69) is 5.32 Å². The number of aliphatic carboxylic acids is 1. The van der Waals surface area contributed by atoms with Crippen molar-refractivity contribution in [3.05, 3.63) is 11.1 Å². The summed E-state index contributed by atoms with van der Waals surface area (Å²) < 4.78 is 0. The second-order valence-electron chi connectivity index (χ2n) is 2.55. The number of amides is 1. The Morgan fingerprint density at radius 2 is 1.62 bits per heavy atom. The van der Waals surface area contributed by atoms with E-state index in [4.69, 9.17) is 5.11 Å². The van der Waals surface area contributed by atoms with Gasteiger partial charge in [-0.2, -0.15) is 0 Å². The van der Waals surface area contributed by atoms with Crippen LogP contribution in [0.4, 0.5) is 0 Å². The molecule has 0 fully saturated rings. The molecule has 0 aliphatic rings. The van der Waals surface area contributed by atoms with Gasteiger partial charge in [-0.05, 0) is 12.8 Å². The molecule has 4 nitrogen and oxygen atoms in total. The van der Waals surface area contributed by atoms with Crippen molar-refractivity contribution < 1.29 is 14.7 Å². The molecule has 0 aromatic carbocycles. The molecule has 0 unspecified atom stereocenters. The van der Waals surface area contributed by atoms with E-state index in [0.29, 0.717) is 18.4 Å². The third-order valence-corrected chi connectivity index (χ3v) is 1.83. The number of likely N-dealkylation sites (N-methyl/N-ethyl adjacent to an activating group) is 1. The Kier molecular flexibility index (Phi) is 4.80. The van der Waals surface area contributed by atoms with Crippen LogP contribution >= 0.6 is 0 Å². The van der Waals surface area contributed by atoms with E-state index in [0.717, 1.165) is 0 Å². The number of hydrogen-bond donors (Lipinski definition) is 2. The van der Waals surface area contributed by atoms with Crippen LogP contribution in [0, 0.1) is 0 Å². The molecule has 0 rings (SSSR count). The van der Waals surface area contributed by atoms with Gasteiger partial charge < -0.3 is 10.4 Å². The van der Waals surface area contributed by atoms with Gasteiger partial charge in [-0.3, -0.25) is 4.79 Å². The van der Waals surface area contributed by atoms with Crippen LogP contribution in [0.25, 0.3) is 0 Å². The number of carboxylic acid groups (broad SMARTS) is 1. The molecule has 0 bridgehead atoms. The molecule has 0 radical (unpaired) electrons. The molecule has 0 saturated heterocycles. The second kappa shape index (κ2) is 5.35. The van der Waals surface area contributed by atoms with E-state index in [1.165, 1.54) is 7.05 Å². The maximum Gasteiger partial charge on any atom is 0.332 e. The maximum atomic E-state index is 11.2. The Morgan fingerprint density at radius 3 is 1.85 bits per heavy atom. The molecule has 13 heavy (non-hydrogen) atoms. The van der Waals surface area contributed by atoms with E-state index < -0.39 is 5.97 Å². The molecule has 0 aromatic heterocycles. The average molecular weight is 185 g/mol. The van der Waals surface area contributed by atoms with Crippen molar-refractivity contribution >= 4 is 11.9 Å². The van der Waals surface area contributed by atoms with Crippen LogP contribution in [0.2, 0.25) is 0 Å². The Hall–Kier alpha value is -1.32. The molecule has 2 N–H and O–H groups in total. The topological polar surface area (TPSA) is 66.4 Å². The number of rotatable bonds is 4. The molecule has 0 aromatic rings. The summed E-state index contributed by atoms with van der Waals surface area (Å²) >= 11 is 0. The van der Waals surface area contributed by atoms with Gasteiger partial charge in [0.25, 0.3) is 0 Å². The van der Waals surface area contributed by atoms with E-state index in [9.17, 15) is 9.59 Å². The molecule has 0 spiro atoms. The fourth-order valence-corrected chi connectivity index (χ4v) is 1.16. The zero-order chi connectivity index (χ0) is 10.4. The quantitative estimate of drug-likeness (QED) is 0.640. The van der Waals surface area contributed by atoms with E-state index >= 15 is 0 Å². The standard InChI is InChI=1S/C9H15NO3/c1-4-6(8(11)10-3)7(5-2)9(12)13/h4-5H2,1-3H3,(H,10,11)(H,12,13). The highest BCUT2D eigenvalue weighted by molar-refractivity contribution is 6.01. The lowest BCUT2D eigenvalue weighted by atomic mass is 10.0. The predicted octanol–water partition coefficient (Wildman–Crippen LogP) is 0.934. The van der Waals surface area contributed by atoms with Crippen molar-refractivity contribution in [2.24, 2.45) is 0 Å². The first kappa shape index (κ1) is 11.7. The van der Waals surface area contributed by atoms with Crippen LogP contribution in [-0.4, -0.2) is 24.0 Å². The number of carbonyl (C=O) groups excluding carboxylic acids is 1. The van der Waals surface area contributed by atoms with E-state index in [1.54, 1.807) is 13.8 Å². The van der Waals surface area contributed by atoms with Crippen LogP contribution in [0.3, 0.4) is 0 Å². The summed E-state index contributed by atoms with van der Waals surface area (Å²) in [5.74, 6) is -1.32. The number of carboxylic acids is 1. The van der Waals surface area contributed by atoms with Crippen molar-refractivity contribution in [2.45, 2.75) is 26.7 Å². The Balaban J connectivity index is 5.05. The number of hydrogen-bond acceptors (Lipinski definition) is 2. The number of nitrogens with one attached hydrogen (secondary N) is 1. The predicted molar refractivity (Wildman–Crippen MR) is 49.3 cm³/mol. The molecule has 4 heteroatoms. The van der Waals surface area contributed by atoms with E-state index in [-0.39, 0.29) is 11.5 Å². The van der Waals surface area contributed by atoms with Gasteiger partial charge in [0.1, 0.15) is 0 Å². The van der Waals surface area contributed by atoms with Crippen LogP contribution < -0.4 is 5.32 Å². The Morgan fingerprint density at radius 1 is 1.15 bits per heavy atom. The molecular formula is C9H15NO3. The Bertz CT molecular complexity index is 243. The minimum atomic E-state index is -1.01. The van der Waals surface area contributed by atoms with Gasteiger partial charge in [0, 0.05) is 18.2 Å². The van der Waals surface area contributed by atoms with Gasteiger partial charge in [0.2, 0.25) is 5.91 Å². The summed E-state index contributed by atoms with van der Waals surface area (Å²) in [6.07, 6.45) is 0.807. The third-order valence-electron chi connectivity index (χ3n) is 1.83. The van der Waals surface area contributed by atoms with E-state index in [1.807, 2.05) is 0 Å². The molecule has 0 atom stereocenters. The van der Waals surface area contributed by atoms with Gasteiger partial charge in [-0.15, -0.1) is 0 Å². The van der Waals surface area contributed by atoms with Crippen molar-refractivity contribution in [1.29, 1.82) is 0 Å². The van der Waals surface area contributed by atoms with Crippen molar-refractivity contribution in [3.8, 4) is 0 Å². The zero-order valence-electron chi connectivity index (χ0n) is 8.18. The molecule has 0 aliphatic heterocycles. The van der Waals surface area contributed by atoms with Crippen LogP contribution in [0.15, 0.2) is 11.1 Å². The van der Waals surface area contributed by atoms with Crippen LogP contribution in [-0.2, 0) is 9.59 Å². The Labute approximate surface area is 77.6 Å². The van der Waals surface area contributed by atoms with Crippen molar-refractivity contribution in [2.75, 3.05) is 7.05 Å². The summed E-state index contributed by atoms with van der Waals surface area (Å²) in [6.45, 7) is 3.49. The first-order chi connectivity index (χ1) is 6.08. The zero-order valence-corrected chi connectivity index (χ0v) is 8.18. The third kappa shape index (κ3) is 2.89. The molecule has 0 aliphatic carbocycles. The van der Waals surface area contributed by atoms with Gasteiger partial charge in [-0.25, -0.2) is 4.79 Å². The summed E-state index contributed by atoms with van der Waals surface area (Å²) in [4.78, 5) is 21.9. The van der Waals surface area contributed by atoms with Gasteiger partial charge >= 0.3 is 5.97 Å². The highest BCUT2D eigenvalue weighted by atomic mass is 16.4. The summed E-state index contributed by atoms with van der Waals surface area (Å²) in [5.41, 5.74) is 0.555. The highest BCUT2D eigenvalue weighted by Crippen LogP contribution is 2.12. The number of carbonyl (C=O) groups is 2. The fraction of sp³-hybridized carbons (Fsp3) is 0.556. The van der Waals surface area contributed by atoms with Crippen LogP contribution in [0.5, 0.6) is 0 Å². The average Bonchev–Trinajstić information content (AvgIpc) is 2.12. The first-order valence-electron chi connectivity index (χ1n) is 4.25. The normalized spacial score (nSPS) is 11.9. The minimum Gasteiger partial charge on any atom is -0.478 e. The first-order valence-corrected chi connectivity index (χ1v) is 4.25. The summed E-state index contributed by atoms with van der Waals surface area (Å²) in [5, 5.41) is 11.2. The second-order valence-corrected chi connectivity index (χ2v) is 2.55. The minimum absolute atomic E-state index is 0.196. The smallest absolute Gasteiger partial charge is 0.332 e. The molecule has 0 heterocycles. The summed E-state index contributed by atoms with van der Waals surface area (Å²) in [6, 6.07) is 0. The van der Waals surface area contributed by atoms with Gasteiger partial charge in [-0.1, -0.05) is 13.8 Å². The molecule has 74 valence electrons. The lowest BCUT2D eigenvalue weighted by molar-refractivity contribution is -0.133. The SMILES string of the molecule is CCC(C(=O)O)=C(CC)C(=O)NC. The molecule has 1 amide bonds. The largest absolute Gasteiger partial charge is 0.478 e. The maximum absolute atomic E-state index is 11.2.